The van der Waals surface area contributed by atoms with E-state index in [9.17, 15) is 19.0 Å². The lowest BCUT2D eigenvalue weighted by Gasteiger charge is -2.24. The van der Waals surface area contributed by atoms with Crippen LogP contribution in [0.5, 0.6) is 0 Å². The van der Waals surface area contributed by atoms with Gasteiger partial charge in [-0.3, -0.25) is 18.6 Å². The van der Waals surface area contributed by atoms with E-state index in [2.05, 4.69) is 68.5 Å². The molecule has 0 rings (SSSR count). The van der Waals surface area contributed by atoms with Crippen molar-refractivity contribution in [3.05, 3.63) is 60.8 Å². The molecule has 0 fully saturated rings. The van der Waals surface area contributed by atoms with Crippen LogP contribution in [0.2, 0.25) is 0 Å². The number of ether oxygens (including phenoxy) is 2. The molecule has 0 aliphatic carbocycles. The summed E-state index contributed by atoms with van der Waals surface area (Å²) in [4.78, 5) is 35.5. The minimum atomic E-state index is -4.39. The molecule has 0 radical (unpaired) electrons. The average Bonchev–Trinajstić information content (AvgIpc) is 3.21. The molecule has 0 saturated heterocycles. The summed E-state index contributed by atoms with van der Waals surface area (Å²) in [7, 11) is 1.44. The van der Waals surface area contributed by atoms with Crippen LogP contribution < -0.4 is 0 Å². The van der Waals surface area contributed by atoms with Gasteiger partial charge >= 0.3 is 19.8 Å². The van der Waals surface area contributed by atoms with Gasteiger partial charge < -0.3 is 18.9 Å². The summed E-state index contributed by atoms with van der Waals surface area (Å²) in [5.41, 5.74) is 0. The lowest BCUT2D eigenvalue weighted by molar-refractivity contribution is -0.870. The molecule has 0 aromatic heterocycles. The van der Waals surface area contributed by atoms with Crippen LogP contribution >= 0.6 is 7.82 Å². The molecular weight excluding hydrogens is 786 g/mol. The van der Waals surface area contributed by atoms with E-state index in [1.807, 2.05) is 27.2 Å². The maximum Gasteiger partial charge on any atom is 0.472 e. The second-order valence-electron chi connectivity index (χ2n) is 17.5. The molecule has 0 aliphatic heterocycles. The van der Waals surface area contributed by atoms with E-state index in [0.29, 0.717) is 23.9 Å². The van der Waals surface area contributed by atoms with Crippen LogP contribution in [0.1, 0.15) is 200 Å². The SMILES string of the molecule is CC/C=C\C/C=C\C/C=C\C/C=C\C/C=C\CCCC(=O)OC(COC(=O)CCCCCCCCCCCCCCCCCCCCCC)COP(=O)(O)OCC[N+](C)(C)C. The normalized spacial score (nSPS) is 14.0. The molecule has 10 heteroatoms. The molecule has 0 spiro atoms. The number of phosphoric ester groups is 1. The van der Waals surface area contributed by atoms with E-state index < -0.39 is 26.5 Å². The highest BCUT2D eigenvalue weighted by molar-refractivity contribution is 7.47. The van der Waals surface area contributed by atoms with Gasteiger partial charge in [0.15, 0.2) is 6.10 Å². The van der Waals surface area contributed by atoms with Gasteiger partial charge in [-0.1, -0.05) is 197 Å². The number of carbonyl (C=O) groups excluding carboxylic acids is 2. The van der Waals surface area contributed by atoms with E-state index >= 15 is 0 Å². The Labute approximate surface area is 375 Å². The monoisotopic (exact) mass is 879 g/mol. The number of carbonyl (C=O) groups is 2. The van der Waals surface area contributed by atoms with Gasteiger partial charge in [0.2, 0.25) is 0 Å². The molecule has 0 aromatic rings. The van der Waals surface area contributed by atoms with Crippen LogP contribution in [0.15, 0.2) is 60.8 Å². The molecule has 2 unspecified atom stereocenters. The third-order valence-corrected chi connectivity index (χ3v) is 11.3. The summed E-state index contributed by atoms with van der Waals surface area (Å²) < 4.78 is 34.3. The van der Waals surface area contributed by atoms with Crippen LogP contribution in [0.4, 0.5) is 0 Å². The van der Waals surface area contributed by atoms with Crippen molar-refractivity contribution in [1.29, 1.82) is 0 Å². The van der Waals surface area contributed by atoms with Crippen molar-refractivity contribution >= 4 is 19.8 Å². The van der Waals surface area contributed by atoms with Gasteiger partial charge in [0.05, 0.1) is 27.7 Å². The molecule has 0 amide bonds. The zero-order valence-electron chi connectivity index (χ0n) is 39.9. The van der Waals surface area contributed by atoms with Crippen LogP contribution in [0.25, 0.3) is 0 Å². The summed E-state index contributed by atoms with van der Waals surface area (Å²) in [6.45, 7) is 4.26. The zero-order valence-corrected chi connectivity index (χ0v) is 40.8. The number of allylic oxidation sites excluding steroid dienone is 10. The lowest BCUT2D eigenvalue weighted by Crippen LogP contribution is -2.37. The maximum atomic E-state index is 12.7. The Morgan fingerprint density at radius 2 is 0.934 bits per heavy atom. The first-order valence-corrected chi connectivity index (χ1v) is 26.0. The molecule has 1 N–H and O–H groups in total. The van der Waals surface area contributed by atoms with Gasteiger partial charge in [0.1, 0.15) is 19.8 Å². The molecule has 2 atom stereocenters. The van der Waals surface area contributed by atoms with Gasteiger partial charge in [-0.2, -0.15) is 0 Å². The van der Waals surface area contributed by atoms with E-state index in [0.717, 1.165) is 51.4 Å². The Hall–Kier alpha value is -2.29. The topological polar surface area (TPSA) is 108 Å². The second-order valence-corrected chi connectivity index (χ2v) is 18.9. The Morgan fingerprint density at radius 1 is 0.525 bits per heavy atom. The van der Waals surface area contributed by atoms with Crippen LogP contribution in [0.3, 0.4) is 0 Å². The summed E-state index contributed by atoms with van der Waals surface area (Å²) in [5, 5.41) is 0. The quantitative estimate of drug-likeness (QED) is 0.0212. The van der Waals surface area contributed by atoms with Crippen molar-refractivity contribution in [2.45, 2.75) is 206 Å². The second kappa shape index (κ2) is 43.0. The first-order chi connectivity index (χ1) is 29.5. The van der Waals surface area contributed by atoms with Gasteiger partial charge in [-0.05, 0) is 51.4 Å². The predicted molar refractivity (Wildman–Crippen MR) is 256 cm³/mol. The highest BCUT2D eigenvalue weighted by Gasteiger charge is 2.27. The third-order valence-electron chi connectivity index (χ3n) is 10.3. The minimum absolute atomic E-state index is 0.0198. The fourth-order valence-electron chi connectivity index (χ4n) is 6.52. The number of esters is 2. The summed E-state index contributed by atoms with van der Waals surface area (Å²) in [6, 6.07) is 0. The molecule has 0 bridgehead atoms. The number of hydrogen-bond acceptors (Lipinski definition) is 7. The summed E-state index contributed by atoms with van der Waals surface area (Å²) >= 11 is 0. The van der Waals surface area contributed by atoms with E-state index in [-0.39, 0.29) is 32.0 Å². The maximum absolute atomic E-state index is 12.7. The Morgan fingerprint density at radius 3 is 1.38 bits per heavy atom. The standard InChI is InChI=1S/C51H92NO8P/c1-6-8-10-12-14-16-18-20-22-24-25-26-28-29-31-33-35-37-39-41-43-50(53)57-47-49(48-59-61(55,56)58-46-45-52(3,4)5)60-51(54)44-42-40-38-36-34-32-30-27-23-21-19-17-15-13-11-9-7-2/h9,11,15,17,21,23,30,32,36,38,49H,6-8,10,12-14,16,18-20,22,24-29,31,33-35,37,39-48H2,1-5H3/p+1/b11-9-,17-15-,23-21-,32-30-,38-36-. The first kappa shape index (κ1) is 58.7. The lowest BCUT2D eigenvalue weighted by atomic mass is 10.0. The highest BCUT2D eigenvalue weighted by atomic mass is 31.2. The molecular formula is C51H93NO8P+. The van der Waals surface area contributed by atoms with Gasteiger partial charge in [-0.25, -0.2) is 4.57 Å². The number of unbranched alkanes of at least 4 members (excludes halogenated alkanes) is 20. The van der Waals surface area contributed by atoms with Crippen molar-refractivity contribution in [2.24, 2.45) is 0 Å². The van der Waals surface area contributed by atoms with Crippen molar-refractivity contribution in [3.63, 3.8) is 0 Å². The molecule has 0 saturated carbocycles. The number of likely N-dealkylation sites (N-methyl/N-ethyl adjacent to an activating group) is 1. The first-order valence-electron chi connectivity index (χ1n) is 24.5. The molecule has 0 aliphatic rings. The van der Waals surface area contributed by atoms with Crippen molar-refractivity contribution in [2.75, 3.05) is 47.5 Å². The number of quaternary nitrogens is 1. The minimum Gasteiger partial charge on any atom is -0.462 e. The number of hydrogen-bond donors (Lipinski definition) is 1. The fraction of sp³-hybridized carbons (Fsp3) is 0.765. The third kappa shape index (κ3) is 47.0. The fourth-order valence-corrected chi connectivity index (χ4v) is 7.26. The van der Waals surface area contributed by atoms with E-state index in [4.69, 9.17) is 18.5 Å². The summed E-state index contributed by atoms with van der Waals surface area (Å²) in [6.07, 6.45) is 52.8. The Balaban J connectivity index is 4.34. The predicted octanol–water partition coefficient (Wildman–Crippen LogP) is 14.4. The van der Waals surface area contributed by atoms with Crippen molar-refractivity contribution in [3.8, 4) is 0 Å². The molecule has 0 aromatic carbocycles. The van der Waals surface area contributed by atoms with Gasteiger partial charge in [0.25, 0.3) is 0 Å². The molecule has 9 nitrogen and oxygen atoms in total. The van der Waals surface area contributed by atoms with Crippen LogP contribution in [0, 0.1) is 0 Å². The largest absolute Gasteiger partial charge is 0.472 e. The van der Waals surface area contributed by atoms with Gasteiger partial charge in [-0.15, -0.1) is 0 Å². The van der Waals surface area contributed by atoms with E-state index in [1.165, 1.54) is 109 Å². The van der Waals surface area contributed by atoms with Crippen LogP contribution in [-0.2, 0) is 32.7 Å². The zero-order chi connectivity index (χ0) is 45.0. The van der Waals surface area contributed by atoms with Crippen molar-refractivity contribution < 1.29 is 42.1 Å². The van der Waals surface area contributed by atoms with E-state index in [1.54, 1.807) is 0 Å². The Kier molecular flexibility index (Phi) is 41.4. The molecule has 0 heterocycles. The highest BCUT2D eigenvalue weighted by Crippen LogP contribution is 2.43. The number of rotatable bonds is 44. The number of phosphoric acid groups is 1. The van der Waals surface area contributed by atoms with Crippen molar-refractivity contribution in [1.82, 2.24) is 0 Å². The number of nitrogens with zero attached hydrogens (tertiary/aromatic N) is 1. The van der Waals surface area contributed by atoms with Gasteiger partial charge in [0, 0.05) is 12.8 Å². The average molecular weight is 879 g/mol. The Bertz CT molecular complexity index is 1220. The molecule has 354 valence electrons. The summed E-state index contributed by atoms with van der Waals surface area (Å²) in [5.74, 6) is -0.863. The molecule has 61 heavy (non-hydrogen) atoms. The smallest absolute Gasteiger partial charge is 0.462 e. The van der Waals surface area contributed by atoms with Crippen LogP contribution in [-0.4, -0.2) is 74.9 Å².